The van der Waals surface area contributed by atoms with E-state index in [4.69, 9.17) is 5.21 Å². The van der Waals surface area contributed by atoms with Gasteiger partial charge < -0.3 is 5.21 Å². The van der Waals surface area contributed by atoms with Crippen molar-refractivity contribution in [2.45, 2.75) is 30.9 Å². The molecule has 1 fully saturated rings. The summed E-state index contributed by atoms with van der Waals surface area (Å²) >= 11 is 1.79. The fraction of sp³-hybridized carbons (Fsp3) is 0.857. The topological polar surface area (TPSA) is 32.6 Å². The van der Waals surface area contributed by atoms with Crippen LogP contribution in [0.15, 0.2) is 5.16 Å². The van der Waals surface area contributed by atoms with Crippen molar-refractivity contribution in [2.24, 2.45) is 5.16 Å². The Kier molecular flexibility index (Phi) is 3.06. The van der Waals surface area contributed by atoms with Crippen LogP contribution in [0.3, 0.4) is 0 Å². The Hall–Kier alpha value is -0.180. The Labute approximate surface area is 65.7 Å². The first-order valence-corrected chi connectivity index (χ1v) is 4.91. The molecule has 0 aromatic heterocycles. The van der Waals surface area contributed by atoms with E-state index in [2.05, 4.69) is 11.4 Å². The molecular weight excluding hydrogens is 146 g/mol. The van der Waals surface area contributed by atoms with Crippen molar-refractivity contribution in [2.75, 3.05) is 6.26 Å². The van der Waals surface area contributed by atoms with E-state index in [0.29, 0.717) is 5.25 Å². The molecule has 1 rings (SSSR count). The average molecular weight is 159 g/mol. The van der Waals surface area contributed by atoms with Crippen LogP contribution in [0.5, 0.6) is 0 Å². The summed E-state index contributed by atoms with van der Waals surface area (Å²) in [6.45, 7) is 0. The van der Waals surface area contributed by atoms with Gasteiger partial charge in [-0.15, -0.1) is 0 Å². The summed E-state index contributed by atoms with van der Waals surface area (Å²) in [4.78, 5) is 0. The molecule has 1 atom stereocenters. The Morgan fingerprint density at radius 2 is 2.40 bits per heavy atom. The molecule has 0 saturated heterocycles. The smallest absolute Gasteiger partial charge is 0.0700 e. The van der Waals surface area contributed by atoms with Crippen LogP contribution in [0, 0.1) is 0 Å². The molecule has 1 N–H and O–H groups in total. The molecule has 0 aliphatic heterocycles. The second kappa shape index (κ2) is 3.86. The van der Waals surface area contributed by atoms with E-state index in [1.165, 1.54) is 19.3 Å². The zero-order valence-electron chi connectivity index (χ0n) is 6.21. The first-order chi connectivity index (χ1) is 4.88. The molecule has 10 heavy (non-hydrogen) atoms. The van der Waals surface area contributed by atoms with Crippen molar-refractivity contribution >= 4 is 17.5 Å². The minimum absolute atomic E-state index is 0.485. The molecule has 0 radical (unpaired) electrons. The number of thioether (sulfide) groups is 1. The van der Waals surface area contributed by atoms with Crippen LogP contribution in [0.2, 0.25) is 0 Å². The van der Waals surface area contributed by atoms with Gasteiger partial charge in [0, 0.05) is 5.25 Å². The normalized spacial score (nSPS) is 30.9. The Balaban J connectivity index is 2.50. The number of hydrogen-bond donors (Lipinski definition) is 1. The first kappa shape index (κ1) is 7.92. The third kappa shape index (κ3) is 1.66. The molecular formula is C7H13NOS. The van der Waals surface area contributed by atoms with Gasteiger partial charge in [0.15, 0.2) is 0 Å². The Morgan fingerprint density at radius 1 is 1.60 bits per heavy atom. The van der Waals surface area contributed by atoms with Crippen molar-refractivity contribution < 1.29 is 5.21 Å². The second-order valence-corrected chi connectivity index (χ2v) is 3.60. The molecule has 1 unspecified atom stereocenters. The third-order valence-corrected chi connectivity index (χ3v) is 3.01. The predicted molar refractivity (Wildman–Crippen MR) is 45.0 cm³/mol. The molecule has 0 spiro atoms. The molecule has 0 aromatic rings. The van der Waals surface area contributed by atoms with Crippen molar-refractivity contribution in [3.8, 4) is 0 Å². The summed E-state index contributed by atoms with van der Waals surface area (Å²) < 4.78 is 0. The maximum Gasteiger partial charge on any atom is 0.0700 e. The predicted octanol–water partition coefficient (Wildman–Crippen LogP) is 2.12. The molecule has 1 saturated carbocycles. The van der Waals surface area contributed by atoms with Gasteiger partial charge in [0.1, 0.15) is 0 Å². The molecule has 1 aliphatic rings. The van der Waals surface area contributed by atoms with Gasteiger partial charge in [-0.25, -0.2) is 0 Å². The number of oxime groups is 1. The van der Waals surface area contributed by atoms with E-state index in [9.17, 15) is 0 Å². The Bertz CT molecular complexity index is 136. The van der Waals surface area contributed by atoms with Crippen molar-refractivity contribution in [3.05, 3.63) is 0 Å². The van der Waals surface area contributed by atoms with E-state index in [-0.39, 0.29) is 0 Å². The van der Waals surface area contributed by atoms with Gasteiger partial charge >= 0.3 is 0 Å². The highest BCUT2D eigenvalue weighted by molar-refractivity contribution is 7.99. The maximum atomic E-state index is 8.57. The van der Waals surface area contributed by atoms with E-state index in [1.54, 1.807) is 11.8 Å². The highest BCUT2D eigenvalue weighted by Crippen LogP contribution is 2.24. The van der Waals surface area contributed by atoms with Crippen LogP contribution in [0.25, 0.3) is 0 Å². The van der Waals surface area contributed by atoms with Crippen molar-refractivity contribution in [1.82, 2.24) is 0 Å². The van der Waals surface area contributed by atoms with Gasteiger partial charge in [0.2, 0.25) is 0 Å². The summed E-state index contributed by atoms with van der Waals surface area (Å²) in [6, 6.07) is 0. The van der Waals surface area contributed by atoms with Crippen molar-refractivity contribution in [3.63, 3.8) is 0 Å². The standard InChI is InChI=1S/C7H13NOS/c1-10-7-5-3-2-4-6(7)8-9/h7,9H,2-5H2,1H3/b8-6+. The van der Waals surface area contributed by atoms with Gasteiger partial charge in [-0.2, -0.15) is 11.8 Å². The lowest BCUT2D eigenvalue weighted by atomic mass is 9.98. The second-order valence-electron chi connectivity index (χ2n) is 2.56. The lowest BCUT2D eigenvalue weighted by Crippen LogP contribution is -2.21. The molecule has 0 aromatic carbocycles. The lowest BCUT2D eigenvalue weighted by Gasteiger charge is -2.20. The van der Waals surface area contributed by atoms with Crippen LogP contribution < -0.4 is 0 Å². The average Bonchev–Trinajstić information content (AvgIpc) is 2.04. The summed E-state index contributed by atoms with van der Waals surface area (Å²) in [7, 11) is 0. The molecule has 2 nitrogen and oxygen atoms in total. The fourth-order valence-electron chi connectivity index (χ4n) is 1.33. The SMILES string of the molecule is CSC1CCCC/C1=N\O. The lowest BCUT2D eigenvalue weighted by molar-refractivity contribution is 0.314. The van der Waals surface area contributed by atoms with Crippen LogP contribution in [-0.4, -0.2) is 22.4 Å². The van der Waals surface area contributed by atoms with Crippen LogP contribution in [0.1, 0.15) is 25.7 Å². The van der Waals surface area contributed by atoms with Gasteiger partial charge in [0.05, 0.1) is 5.71 Å². The largest absolute Gasteiger partial charge is 0.411 e. The van der Waals surface area contributed by atoms with Gasteiger partial charge in [-0.05, 0) is 25.5 Å². The summed E-state index contributed by atoms with van der Waals surface area (Å²) in [5.41, 5.74) is 0.985. The summed E-state index contributed by atoms with van der Waals surface area (Å²) in [5, 5.41) is 12.3. The quantitative estimate of drug-likeness (QED) is 0.469. The number of hydrogen-bond acceptors (Lipinski definition) is 3. The van der Waals surface area contributed by atoms with E-state index < -0.39 is 0 Å². The molecule has 58 valence electrons. The minimum Gasteiger partial charge on any atom is -0.411 e. The summed E-state index contributed by atoms with van der Waals surface area (Å²) in [5.74, 6) is 0. The Morgan fingerprint density at radius 3 is 2.90 bits per heavy atom. The molecule has 0 amide bonds. The molecule has 0 bridgehead atoms. The van der Waals surface area contributed by atoms with E-state index >= 15 is 0 Å². The highest BCUT2D eigenvalue weighted by Gasteiger charge is 2.19. The molecule has 0 heterocycles. The molecule has 3 heteroatoms. The number of nitrogens with zero attached hydrogens (tertiary/aromatic N) is 1. The maximum absolute atomic E-state index is 8.57. The molecule has 1 aliphatic carbocycles. The van der Waals surface area contributed by atoms with E-state index in [0.717, 1.165) is 12.1 Å². The first-order valence-electron chi connectivity index (χ1n) is 3.62. The third-order valence-electron chi connectivity index (χ3n) is 1.93. The van der Waals surface area contributed by atoms with Crippen LogP contribution in [-0.2, 0) is 0 Å². The summed E-state index contributed by atoms with van der Waals surface area (Å²) in [6.07, 6.45) is 6.71. The van der Waals surface area contributed by atoms with Crippen LogP contribution >= 0.6 is 11.8 Å². The van der Waals surface area contributed by atoms with Gasteiger partial charge in [0.25, 0.3) is 0 Å². The van der Waals surface area contributed by atoms with E-state index in [1.807, 2.05) is 0 Å². The number of rotatable bonds is 1. The van der Waals surface area contributed by atoms with Crippen molar-refractivity contribution in [1.29, 1.82) is 0 Å². The monoisotopic (exact) mass is 159 g/mol. The van der Waals surface area contributed by atoms with Crippen LogP contribution in [0.4, 0.5) is 0 Å². The fourth-order valence-corrected chi connectivity index (χ4v) is 2.17. The highest BCUT2D eigenvalue weighted by atomic mass is 32.2. The zero-order chi connectivity index (χ0) is 7.40. The van der Waals surface area contributed by atoms with Gasteiger partial charge in [-0.1, -0.05) is 11.6 Å². The zero-order valence-corrected chi connectivity index (χ0v) is 7.02. The minimum atomic E-state index is 0.485. The van der Waals surface area contributed by atoms with Gasteiger partial charge in [-0.3, -0.25) is 0 Å².